The van der Waals surface area contributed by atoms with Crippen LogP contribution in [0.25, 0.3) is 11.0 Å². The lowest BCUT2D eigenvalue weighted by Crippen LogP contribution is -2.41. The van der Waals surface area contributed by atoms with E-state index >= 15 is 0 Å². The Hall–Kier alpha value is -2.47. The first-order valence-electron chi connectivity index (χ1n) is 9.49. The van der Waals surface area contributed by atoms with Gasteiger partial charge < -0.3 is 10.2 Å². The van der Waals surface area contributed by atoms with Crippen molar-refractivity contribution in [3.05, 3.63) is 52.3 Å². The summed E-state index contributed by atoms with van der Waals surface area (Å²) in [6, 6.07) is 12.1. The SMILES string of the molecule is Cc1nc2ccccc2nc1N1CCC(C(=O)NCCc2cccs2)CC1. The fourth-order valence-corrected chi connectivity index (χ4v) is 4.35. The predicted octanol–water partition coefficient (Wildman–Crippen LogP) is 3.58. The molecule has 0 aliphatic carbocycles. The number of aryl methyl sites for hydroxylation is 1. The molecule has 1 aliphatic heterocycles. The van der Waals surface area contributed by atoms with Gasteiger partial charge in [-0.25, -0.2) is 9.97 Å². The van der Waals surface area contributed by atoms with E-state index in [1.807, 2.05) is 31.2 Å². The van der Waals surface area contributed by atoms with Crippen LogP contribution < -0.4 is 10.2 Å². The average molecular weight is 381 g/mol. The number of fused-ring (bicyclic) bond motifs is 1. The van der Waals surface area contributed by atoms with Crippen LogP contribution in [-0.2, 0) is 11.2 Å². The van der Waals surface area contributed by atoms with Crippen LogP contribution in [0.15, 0.2) is 41.8 Å². The smallest absolute Gasteiger partial charge is 0.223 e. The molecule has 3 heterocycles. The highest BCUT2D eigenvalue weighted by Gasteiger charge is 2.26. The molecule has 1 N–H and O–H groups in total. The van der Waals surface area contributed by atoms with Crippen molar-refractivity contribution in [3.63, 3.8) is 0 Å². The Kier molecular flexibility index (Phi) is 5.34. The number of aromatic nitrogens is 2. The highest BCUT2D eigenvalue weighted by atomic mass is 32.1. The van der Waals surface area contributed by atoms with Gasteiger partial charge >= 0.3 is 0 Å². The highest BCUT2D eigenvalue weighted by Crippen LogP contribution is 2.25. The van der Waals surface area contributed by atoms with Crippen LogP contribution in [0.4, 0.5) is 5.82 Å². The Bertz CT molecular complexity index is 917. The second kappa shape index (κ2) is 8.05. The van der Waals surface area contributed by atoms with E-state index in [0.29, 0.717) is 0 Å². The lowest BCUT2D eigenvalue weighted by molar-refractivity contribution is -0.125. The topological polar surface area (TPSA) is 58.1 Å². The van der Waals surface area contributed by atoms with E-state index in [9.17, 15) is 4.79 Å². The number of nitrogens with one attached hydrogen (secondary N) is 1. The number of benzene rings is 1. The number of nitrogens with zero attached hydrogens (tertiary/aromatic N) is 3. The summed E-state index contributed by atoms with van der Waals surface area (Å²) < 4.78 is 0. The minimum Gasteiger partial charge on any atom is -0.355 e. The molecule has 0 unspecified atom stereocenters. The molecule has 1 aliphatic rings. The first kappa shape index (κ1) is 17.9. The molecule has 5 nitrogen and oxygen atoms in total. The lowest BCUT2D eigenvalue weighted by atomic mass is 9.95. The Morgan fingerprint density at radius 1 is 1.15 bits per heavy atom. The molecule has 3 aromatic rings. The Morgan fingerprint density at radius 3 is 2.59 bits per heavy atom. The fraction of sp³-hybridized carbons (Fsp3) is 0.381. The summed E-state index contributed by atoms with van der Waals surface area (Å²) in [5, 5.41) is 5.18. The van der Waals surface area contributed by atoms with Crippen LogP contribution in [-0.4, -0.2) is 35.5 Å². The molecule has 140 valence electrons. The highest BCUT2D eigenvalue weighted by molar-refractivity contribution is 7.09. The zero-order valence-corrected chi connectivity index (χ0v) is 16.3. The van der Waals surface area contributed by atoms with E-state index in [2.05, 4.69) is 32.7 Å². The zero-order chi connectivity index (χ0) is 18.6. The van der Waals surface area contributed by atoms with Crippen molar-refractivity contribution >= 4 is 34.1 Å². The van der Waals surface area contributed by atoms with Crippen LogP contribution in [0.2, 0.25) is 0 Å². The number of hydrogen-bond acceptors (Lipinski definition) is 5. The van der Waals surface area contributed by atoms with Gasteiger partial charge in [0.05, 0.1) is 16.7 Å². The molecule has 0 saturated carbocycles. The molecule has 0 atom stereocenters. The number of amides is 1. The van der Waals surface area contributed by atoms with Crippen LogP contribution >= 0.6 is 11.3 Å². The van der Waals surface area contributed by atoms with Crippen molar-refractivity contribution in [1.29, 1.82) is 0 Å². The third kappa shape index (κ3) is 4.11. The molecule has 0 spiro atoms. The van der Waals surface area contributed by atoms with E-state index in [0.717, 1.165) is 61.4 Å². The lowest BCUT2D eigenvalue weighted by Gasteiger charge is -2.32. The van der Waals surface area contributed by atoms with E-state index in [1.54, 1.807) is 11.3 Å². The van der Waals surface area contributed by atoms with Gasteiger partial charge in [0.2, 0.25) is 5.91 Å². The summed E-state index contributed by atoms with van der Waals surface area (Å²) >= 11 is 1.74. The van der Waals surface area contributed by atoms with Crippen molar-refractivity contribution in [1.82, 2.24) is 15.3 Å². The van der Waals surface area contributed by atoms with Crippen molar-refractivity contribution in [2.75, 3.05) is 24.5 Å². The Morgan fingerprint density at radius 2 is 1.89 bits per heavy atom. The number of hydrogen-bond donors (Lipinski definition) is 1. The van der Waals surface area contributed by atoms with Gasteiger partial charge in [-0.2, -0.15) is 0 Å². The molecule has 1 fully saturated rings. The third-order valence-electron chi connectivity index (χ3n) is 5.14. The number of para-hydroxylation sites is 2. The number of carbonyl (C=O) groups excluding carboxylic acids is 1. The van der Waals surface area contributed by atoms with Crippen molar-refractivity contribution in [3.8, 4) is 0 Å². The van der Waals surface area contributed by atoms with Gasteiger partial charge in [0.1, 0.15) is 0 Å². The third-order valence-corrected chi connectivity index (χ3v) is 6.07. The molecule has 6 heteroatoms. The number of carbonyl (C=O) groups is 1. The summed E-state index contributed by atoms with van der Waals surface area (Å²) in [5.74, 6) is 1.23. The Balaban J connectivity index is 1.33. The molecule has 2 aromatic heterocycles. The second-order valence-corrected chi connectivity index (χ2v) is 8.04. The molecule has 1 aromatic carbocycles. The molecule has 0 radical (unpaired) electrons. The summed E-state index contributed by atoms with van der Waals surface area (Å²) in [7, 11) is 0. The number of rotatable bonds is 5. The molecule has 1 saturated heterocycles. The van der Waals surface area contributed by atoms with Crippen LogP contribution in [0.3, 0.4) is 0 Å². The first-order chi connectivity index (χ1) is 13.2. The van der Waals surface area contributed by atoms with Gasteiger partial charge in [0.25, 0.3) is 0 Å². The van der Waals surface area contributed by atoms with Gasteiger partial charge in [0, 0.05) is 30.4 Å². The predicted molar refractivity (Wildman–Crippen MR) is 110 cm³/mol. The van der Waals surface area contributed by atoms with Gasteiger partial charge in [0.15, 0.2) is 5.82 Å². The quantitative estimate of drug-likeness (QED) is 0.735. The average Bonchev–Trinajstić information content (AvgIpc) is 3.21. The van der Waals surface area contributed by atoms with Crippen LogP contribution in [0, 0.1) is 12.8 Å². The van der Waals surface area contributed by atoms with Gasteiger partial charge in [-0.15, -0.1) is 11.3 Å². The van der Waals surface area contributed by atoms with Crippen molar-refractivity contribution < 1.29 is 4.79 Å². The fourth-order valence-electron chi connectivity index (χ4n) is 3.64. The van der Waals surface area contributed by atoms with Crippen molar-refractivity contribution in [2.24, 2.45) is 5.92 Å². The normalized spacial score (nSPS) is 15.2. The van der Waals surface area contributed by atoms with Crippen molar-refractivity contribution in [2.45, 2.75) is 26.2 Å². The molecular weight excluding hydrogens is 356 g/mol. The van der Waals surface area contributed by atoms with Crippen LogP contribution in [0.1, 0.15) is 23.4 Å². The van der Waals surface area contributed by atoms with E-state index in [1.165, 1.54) is 4.88 Å². The molecule has 1 amide bonds. The minimum absolute atomic E-state index is 0.0957. The first-order valence-corrected chi connectivity index (χ1v) is 10.4. The maximum Gasteiger partial charge on any atom is 0.223 e. The van der Waals surface area contributed by atoms with E-state index in [4.69, 9.17) is 4.98 Å². The van der Waals surface area contributed by atoms with Gasteiger partial charge in [-0.05, 0) is 49.8 Å². The van der Waals surface area contributed by atoms with E-state index < -0.39 is 0 Å². The molecule has 4 rings (SSSR count). The summed E-state index contributed by atoms with van der Waals surface area (Å²) in [6.45, 7) is 4.42. The second-order valence-electron chi connectivity index (χ2n) is 7.00. The standard InChI is InChI=1S/C21H24N4OS/c1-15-20(24-19-7-3-2-6-18(19)23-15)25-12-9-16(10-13-25)21(26)22-11-8-17-5-4-14-27-17/h2-7,14,16H,8-13H2,1H3,(H,22,26). The zero-order valence-electron chi connectivity index (χ0n) is 15.5. The van der Waals surface area contributed by atoms with Crippen LogP contribution in [0.5, 0.6) is 0 Å². The minimum atomic E-state index is 0.0957. The molecular formula is C21H24N4OS. The summed E-state index contributed by atoms with van der Waals surface area (Å²) in [4.78, 5) is 25.5. The molecule has 0 bridgehead atoms. The number of thiophene rings is 1. The van der Waals surface area contributed by atoms with Gasteiger partial charge in [-0.3, -0.25) is 4.79 Å². The molecule has 27 heavy (non-hydrogen) atoms. The van der Waals surface area contributed by atoms with Gasteiger partial charge in [-0.1, -0.05) is 18.2 Å². The van der Waals surface area contributed by atoms with E-state index in [-0.39, 0.29) is 11.8 Å². The maximum atomic E-state index is 12.5. The largest absolute Gasteiger partial charge is 0.355 e. The summed E-state index contributed by atoms with van der Waals surface area (Å²) in [6.07, 6.45) is 2.63. The summed E-state index contributed by atoms with van der Waals surface area (Å²) in [5.41, 5.74) is 2.80. The monoisotopic (exact) mass is 380 g/mol. The number of anilines is 1. The maximum absolute atomic E-state index is 12.5. The number of piperidine rings is 1. The Labute approximate surface area is 163 Å².